The maximum Gasteiger partial charge on any atom is 0.337 e. The van der Waals surface area contributed by atoms with Crippen molar-refractivity contribution in [1.82, 2.24) is 9.88 Å². The minimum atomic E-state index is -0.551. The third-order valence-electron chi connectivity index (χ3n) is 3.98. The number of aliphatic hydroxyl groups excluding tert-OH is 1. The van der Waals surface area contributed by atoms with Crippen LogP contribution >= 0.6 is 0 Å². The van der Waals surface area contributed by atoms with E-state index in [2.05, 4.69) is 10.3 Å². The molecule has 24 heavy (non-hydrogen) atoms. The van der Waals surface area contributed by atoms with Crippen molar-refractivity contribution in [2.45, 2.75) is 6.92 Å². The zero-order chi connectivity index (χ0) is 17.3. The second-order valence-corrected chi connectivity index (χ2v) is 5.67. The third kappa shape index (κ3) is 2.85. The van der Waals surface area contributed by atoms with Gasteiger partial charge in [0.2, 0.25) is 0 Å². The summed E-state index contributed by atoms with van der Waals surface area (Å²) in [6, 6.07) is 7.66. The van der Waals surface area contributed by atoms with Crippen LogP contribution in [0.1, 0.15) is 5.69 Å². The molecule has 0 unspecified atom stereocenters. The van der Waals surface area contributed by atoms with Gasteiger partial charge in [-0.15, -0.1) is 0 Å². The van der Waals surface area contributed by atoms with Crippen molar-refractivity contribution in [3.05, 3.63) is 41.2 Å². The first-order valence-corrected chi connectivity index (χ1v) is 7.61. The quantitative estimate of drug-likeness (QED) is 0.715. The van der Waals surface area contributed by atoms with Crippen LogP contribution in [0.25, 0.3) is 10.9 Å². The van der Waals surface area contributed by atoms with Crippen LogP contribution in [-0.4, -0.2) is 53.7 Å². The van der Waals surface area contributed by atoms with Crippen LogP contribution in [0.5, 0.6) is 0 Å². The number of esters is 1. The van der Waals surface area contributed by atoms with Gasteiger partial charge in [-0.2, -0.15) is 0 Å². The van der Waals surface area contributed by atoms with Crippen LogP contribution in [0.4, 0.5) is 5.69 Å². The van der Waals surface area contributed by atoms with Gasteiger partial charge in [-0.1, -0.05) is 0 Å². The normalized spacial score (nSPS) is 14.6. The highest BCUT2D eigenvalue weighted by molar-refractivity contribution is 6.08. The van der Waals surface area contributed by atoms with Crippen LogP contribution in [-0.2, 0) is 14.3 Å². The molecule has 7 nitrogen and oxygen atoms in total. The monoisotopic (exact) mass is 329 g/mol. The fourth-order valence-electron chi connectivity index (χ4n) is 2.85. The molecule has 126 valence electrons. The maximum atomic E-state index is 12.5. The van der Waals surface area contributed by atoms with Crippen molar-refractivity contribution in [2.75, 3.05) is 32.1 Å². The van der Waals surface area contributed by atoms with Gasteiger partial charge in [0.1, 0.15) is 5.70 Å². The fourth-order valence-corrected chi connectivity index (χ4v) is 2.85. The summed E-state index contributed by atoms with van der Waals surface area (Å²) in [4.78, 5) is 29.1. The van der Waals surface area contributed by atoms with Crippen molar-refractivity contribution >= 4 is 28.5 Å². The Kier molecular flexibility index (Phi) is 4.26. The number of amides is 1. The van der Waals surface area contributed by atoms with Crippen molar-refractivity contribution in [1.29, 1.82) is 0 Å². The van der Waals surface area contributed by atoms with E-state index in [1.807, 2.05) is 31.2 Å². The zero-order valence-electron chi connectivity index (χ0n) is 13.5. The molecular formula is C17H19N3O4. The number of β-amino-alcohol motifs (C(OH)–C–C–N with tert-alkyl or cyclic N) is 1. The van der Waals surface area contributed by atoms with Crippen LogP contribution in [0, 0.1) is 6.92 Å². The number of hydrogen-bond acceptors (Lipinski definition) is 5. The first kappa shape index (κ1) is 16.1. The molecule has 1 aliphatic rings. The highest BCUT2D eigenvalue weighted by Gasteiger charge is 2.34. The summed E-state index contributed by atoms with van der Waals surface area (Å²) >= 11 is 0. The van der Waals surface area contributed by atoms with E-state index in [9.17, 15) is 9.59 Å². The summed E-state index contributed by atoms with van der Waals surface area (Å²) in [5.41, 5.74) is 3.21. The molecule has 0 saturated carbocycles. The highest BCUT2D eigenvalue weighted by atomic mass is 16.5. The zero-order valence-corrected chi connectivity index (χ0v) is 13.5. The number of nitrogens with one attached hydrogen (secondary N) is 2. The molecule has 2 aromatic rings. The molecule has 1 amide bonds. The molecule has 1 aromatic carbocycles. The average molecular weight is 329 g/mol. The fraction of sp³-hybridized carbons (Fsp3) is 0.294. The Hall–Kier alpha value is -2.80. The Balaban J connectivity index is 1.93. The molecule has 1 aliphatic heterocycles. The average Bonchev–Trinajstić information content (AvgIpc) is 3.08. The Morgan fingerprint density at radius 2 is 2.21 bits per heavy atom. The Morgan fingerprint density at radius 1 is 1.42 bits per heavy atom. The van der Waals surface area contributed by atoms with E-state index in [-0.39, 0.29) is 36.9 Å². The molecule has 7 heteroatoms. The standard InChI is InChI=1S/C17H19N3O4/c1-10-7-11-8-12(3-4-14(11)18-10)19-15-13(17(23)24-2)9-20(5-6-21)16(15)22/h3-4,7-8,18-19,21H,5-6,9H2,1-2H3. The molecule has 3 rings (SSSR count). The number of ether oxygens (including phenoxy) is 1. The number of carbonyl (C=O) groups excluding carboxylic acids is 2. The maximum absolute atomic E-state index is 12.5. The van der Waals surface area contributed by atoms with E-state index < -0.39 is 5.97 Å². The number of H-pyrrole nitrogens is 1. The second kappa shape index (κ2) is 6.37. The SMILES string of the molecule is COC(=O)C1=C(Nc2ccc3[nH]c(C)cc3c2)C(=O)N(CCO)C1. The predicted octanol–water partition coefficient (Wildman–Crippen LogP) is 1.15. The molecule has 0 aliphatic carbocycles. The third-order valence-corrected chi connectivity index (χ3v) is 3.98. The van der Waals surface area contributed by atoms with E-state index in [1.165, 1.54) is 12.0 Å². The van der Waals surface area contributed by atoms with Gasteiger partial charge in [0.25, 0.3) is 5.91 Å². The number of aromatic nitrogens is 1. The molecular weight excluding hydrogens is 310 g/mol. The van der Waals surface area contributed by atoms with Gasteiger partial charge in [-0.05, 0) is 31.2 Å². The lowest BCUT2D eigenvalue weighted by Crippen LogP contribution is -2.31. The minimum Gasteiger partial charge on any atom is -0.466 e. The van der Waals surface area contributed by atoms with Gasteiger partial charge in [-0.3, -0.25) is 4.79 Å². The topological polar surface area (TPSA) is 94.7 Å². The second-order valence-electron chi connectivity index (χ2n) is 5.67. The summed E-state index contributed by atoms with van der Waals surface area (Å²) in [7, 11) is 1.28. The van der Waals surface area contributed by atoms with E-state index in [0.29, 0.717) is 5.69 Å². The summed E-state index contributed by atoms with van der Waals surface area (Å²) < 4.78 is 4.77. The smallest absolute Gasteiger partial charge is 0.337 e. The van der Waals surface area contributed by atoms with E-state index in [4.69, 9.17) is 9.84 Å². The molecule has 0 saturated heterocycles. The van der Waals surface area contributed by atoms with Crippen LogP contribution in [0.15, 0.2) is 35.5 Å². The minimum absolute atomic E-state index is 0.125. The van der Waals surface area contributed by atoms with Gasteiger partial charge in [-0.25, -0.2) is 4.79 Å². The summed E-state index contributed by atoms with van der Waals surface area (Å²) in [6.07, 6.45) is 0. The van der Waals surface area contributed by atoms with Crippen LogP contribution < -0.4 is 5.32 Å². The number of carbonyl (C=O) groups is 2. The van der Waals surface area contributed by atoms with Gasteiger partial charge in [0.05, 0.1) is 25.8 Å². The molecule has 0 spiro atoms. The van der Waals surface area contributed by atoms with E-state index >= 15 is 0 Å². The number of anilines is 1. The van der Waals surface area contributed by atoms with Crippen LogP contribution in [0.2, 0.25) is 0 Å². The molecule has 0 radical (unpaired) electrons. The molecule has 2 heterocycles. The van der Waals surface area contributed by atoms with Gasteiger partial charge >= 0.3 is 5.97 Å². The number of benzene rings is 1. The van der Waals surface area contributed by atoms with Gasteiger partial charge in [0.15, 0.2) is 0 Å². The Bertz CT molecular complexity index is 837. The van der Waals surface area contributed by atoms with E-state index in [0.717, 1.165) is 16.6 Å². The van der Waals surface area contributed by atoms with Gasteiger partial charge in [0, 0.05) is 28.8 Å². The van der Waals surface area contributed by atoms with Gasteiger partial charge < -0.3 is 25.0 Å². The van der Waals surface area contributed by atoms with E-state index in [1.54, 1.807) is 0 Å². The predicted molar refractivity (Wildman–Crippen MR) is 89.4 cm³/mol. The highest BCUT2D eigenvalue weighted by Crippen LogP contribution is 2.25. The summed E-state index contributed by atoms with van der Waals surface area (Å²) in [6.45, 7) is 2.10. The van der Waals surface area contributed by atoms with Crippen molar-refractivity contribution in [2.24, 2.45) is 0 Å². The Labute approximate surface area is 138 Å². The lowest BCUT2D eigenvalue weighted by Gasteiger charge is -2.15. The number of rotatable bonds is 5. The number of aliphatic hydroxyl groups is 1. The number of methoxy groups -OCH3 is 1. The number of fused-ring (bicyclic) bond motifs is 1. The first-order chi connectivity index (χ1) is 11.5. The first-order valence-electron chi connectivity index (χ1n) is 7.61. The number of nitrogens with zero attached hydrogens (tertiary/aromatic N) is 1. The van der Waals surface area contributed by atoms with Crippen molar-refractivity contribution in [3.8, 4) is 0 Å². The number of aryl methyl sites for hydroxylation is 1. The molecule has 0 fully saturated rings. The van der Waals surface area contributed by atoms with Crippen molar-refractivity contribution < 1.29 is 19.4 Å². The number of hydrogen-bond donors (Lipinski definition) is 3. The lowest BCUT2D eigenvalue weighted by atomic mass is 10.2. The lowest BCUT2D eigenvalue weighted by molar-refractivity contribution is -0.136. The molecule has 3 N–H and O–H groups in total. The van der Waals surface area contributed by atoms with Crippen LogP contribution in [0.3, 0.4) is 0 Å². The summed E-state index contributed by atoms with van der Waals surface area (Å²) in [5, 5.41) is 13.1. The molecule has 1 aromatic heterocycles. The molecule has 0 bridgehead atoms. The van der Waals surface area contributed by atoms with Crippen molar-refractivity contribution in [3.63, 3.8) is 0 Å². The molecule has 0 atom stereocenters. The summed E-state index contributed by atoms with van der Waals surface area (Å²) in [5.74, 6) is -0.875. The largest absolute Gasteiger partial charge is 0.466 e. The number of aromatic amines is 1. The Morgan fingerprint density at radius 3 is 2.92 bits per heavy atom.